The molecule has 0 atom stereocenters. The first kappa shape index (κ1) is 31.5. The van der Waals surface area contributed by atoms with E-state index < -0.39 is 0 Å². The number of halogens is 2. The second kappa shape index (κ2) is 15.7. The molecule has 2 saturated carbocycles. The number of anilines is 2. The maximum absolute atomic E-state index is 13.6. The molecule has 0 aromatic heterocycles. The Kier molecular flexibility index (Phi) is 11.2. The largest absolute Gasteiger partial charge is 0.322 e. The summed E-state index contributed by atoms with van der Waals surface area (Å²) in [7, 11) is 0. The second-order valence-corrected chi connectivity index (χ2v) is 12.2. The normalized spacial score (nSPS) is 16.4. The van der Waals surface area contributed by atoms with E-state index in [0.29, 0.717) is 24.5 Å². The van der Waals surface area contributed by atoms with Gasteiger partial charge in [-0.2, -0.15) is 0 Å². The van der Waals surface area contributed by atoms with Crippen LogP contribution in [0.15, 0.2) is 72.8 Å². The van der Waals surface area contributed by atoms with Gasteiger partial charge in [0.05, 0.1) is 0 Å². The molecule has 5 rings (SSSR count). The van der Waals surface area contributed by atoms with Crippen LogP contribution in [0.2, 0.25) is 0 Å². The lowest BCUT2D eigenvalue weighted by atomic mass is 10.0. The van der Waals surface area contributed by atoms with E-state index in [0.717, 1.165) is 62.5 Å². The molecule has 0 aliphatic heterocycles. The van der Waals surface area contributed by atoms with Gasteiger partial charge in [-0.05, 0) is 85.3 Å². The van der Waals surface area contributed by atoms with Gasteiger partial charge in [-0.25, -0.2) is 18.4 Å². The van der Waals surface area contributed by atoms with Crippen LogP contribution in [0, 0.1) is 11.6 Å². The molecule has 0 heterocycles. The van der Waals surface area contributed by atoms with Crippen LogP contribution >= 0.6 is 0 Å². The molecular weight excluding hydrogens is 558 g/mol. The number of carbonyl (C=O) groups excluding carboxylic acids is 2. The van der Waals surface area contributed by atoms with Gasteiger partial charge < -0.3 is 20.4 Å². The molecule has 2 N–H and O–H groups in total. The standard InChI is InChI=1S/C36H44F2N4O2/c37-29-16-20-31(21-17-29)39-35(43)41(33-12-5-1-2-6-13-33)25-27-10-9-11-28(24-27)26-42(34-14-7-3-4-8-15-34)36(44)40-32-22-18-30(38)19-23-32/h9-11,16-24,33-34H,1-8,12-15,25-26H2,(H,39,43)(H,40,44). The van der Waals surface area contributed by atoms with Crippen molar-refractivity contribution in [3.8, 4) is 0 Å². The summed E-state index contributed by atoms with van der Waals surface area (Å²) in [4.78, 5) is 31.1. The third-order valence-electron chi connectivity index (χ3n) is 8.94. The summed E-state index contributed by atoms with van der Waals surface area (Å²) in [6.45, 7) is 0.882. The van der Waals surface area contributed by atoms with Crippen molar-refractivity contribution in [1.82, 2.24) is 9.80 Å². The highest BCUT2D eigenvalue weighted by molar-refractivity contribution is 5.90. The zero-order valence-corrected chi connectivity index (χ0v) is 25.4. The van der Waals surface area contributed by atoms with Crippen LogP contribution in [-0.4, -0.2) is 33.9 Å². The van der Waals surface area contributed by atoms with Crippen LogP contribution < -0.4 is 10.6 Å². The third kappa shape index (κ3) is 9.04. The minimum Gasteiger partial charge on any atom is -0.317 e. The van der Waals surface area contributed by atoms with Crippen LogP contribution in [0.1, 0.15) is 88.2 Å². The van der Waals surface area contributed by atoms with Gasteiger partial charge in [-0.1, -0.05) is 75.6 Å². The van der Waals surface area contributed by atoms with Gasteiger partial charge in [-0.15, -0.1) is 0 Å². The van der Waals surface area contributed by atoms with Crippen LogP contribution in [0.4, 0.5) is 29.7 Å². The van der Waals surface area contributed by atoms with Crippen molar-refractivity contribution in [3.05, 3.63) is 95.6 Å². The quantitative estimate of drug-likeness (QED) is 0.252. The molecule has 44 heavy (non-hydrogen) atoms. The fraction of sp³-hybridized carbons (Fsp3) is 0.444. The number of urea groups is 2. The molecule has 3 aromatic rings. The Bertz CT molecular complexity index is 1250. The molecule has 0 unspecified atom stereocenters. The van der Waals surface area contributed by atoms with Gasteiger partial charge in [0, 0.05) is 36.5 Å². The van der Waals surface area contributed by atoms with E-state index in [4.69, 9.17) is 0 Å². The molecule has 4 amide bonds. The van der Waals surface area contributed by atoms with E-state index in [2.05, 4.69) is 16.7 Å². The highest BCUT2D eigenvalue weighted by Gasteiger charge is 2.27. The molecule has 0 spiro atoms. The van der Waals surface area contributed by atoms with E-state index in [1.165, 1.54) is 49.9 Å². The average Bonchev–Trinajstić information content (AvgIpc) is 3.47. The highest BCUT2D eigenvalue weighted by Crippen LogP contribution is 2.27. The summed E-state index contributed by atoms with van der Waals surface area (Å²) in [5.74, 6) is -0.686. The zero-order chi connectivity index (χ0) is 30.7. The van der Waals surface area contributed by atoms with Gasteiger partial charge in [-0.3, -0.25) is 0 Å². The minimum atomic E-state index is -0.343. The Morgan fingerprint density at radius 3 is 1.30 bits per heavy atom. The number of rotatable bonds is 8. The van der Waals surface area contributed by atoms with Crippen molar-refractivity contribution < 1.29 is 18.4 Å². The molecule has 2 aliphatic rings. The summed E-state index contributed by atoms with van der Waals surface area (Å²) in [5, 5.41) is 5.96. The lowest BCUT2D eigenvalue weighted by Gasteiger charge is -2.33. The SMILES string of the molecule is O=C(Nc1ccc(F)cc1)N(Cc1cccc(CN(C(=O)Nc2ccc(F)cc2)C2CCCCCC2)c1)C1CCCCCC1. The number of hydrogen-bond acceptors (Lipinski definition) is 2. The number of carbonyl (C=O) groups is 2. The average molecular weight is 603 g/mol. The Hall–Kier alpha value is -3.94. The maximum atomic E-state index is 13.6. The first-order valence-corrected chi connectivity index (χ1v) is 16.2. The second-order valence-electron chi connectivity index (χ2n) is 12.2. The molecule has 0 saturated heterocycles. The third-order valence-corrected chi connectivity index (χ3v) is 8.94. The van der Waals surface area contributed by atoms with E-state index in [9.17, 15) is 18.4 Å². The van der Waals surface area contributed by atoms with E-state index in [-0.39, 0.29) is 35.8 Å². The number of hydrogen-bond donors (Lipinski definition) is 2. The monoisotopic (exact) mass is 602 g/mol. The molecule has 6 nitrogen and oxygen atoms in total. The minimum absolute atomic E-state index is 0.116. The zero-order valence-electron chi connectivity index (χ0n) is 25.4. The van der Waals surface area contributed by atoms with Gasteiger partial charge in [0.2, 0.25) is 0 Å². The van der Waals surface area contributed by atoms with Crippen molar-refractivity contribution in [2.75, 3.05) is 10.6 Å². The smallest absolute Gasteiger partial charge is 0.317 e. The van der Waals surface area contributed by atoms with Crippen LogP contribution in [0.3, 0.4) is 0 Å². The fourth-order valence-corrected chi connectivity index (χ4v) is 6.55. The van der Waals surface area contributed by atoms with E-state index >= 15 is 0 Å². The summed E-state index contributed by atoms with van der Waals surface area (Å²) < 4.78 is 27.0. The van der Waals surface area contributed by atoms with E-state index in [1.54, 1.807) is 24.3 Å². The lowest BCUT2D eigenvalue weighted by Crippen LogP contribution is -2.42. The van der Waals surface area contributed by atoms with Crippen LogP contribution in [0.5, 0.6) is 0 Å². The van der Waals surface area contributed by atoms with Crippen molar-refractivity contribution in [3.63, 3.8) is 0 Å². The van der Waals surface area contributed by atoms with Crippen molar-refractivity contribution in [1.29, 1.82) is 0 Å². The van der Waals surface area contributed by atoms with E-state index in [1.807, 2.05) is 28.0 Å². The maximum Gasteiger partial charge on any atom is 0.322 e. The molecule has 8 heteroatoms. The Morgan fingerprint density at radius 1 is 0.568 bits per heavy atom. The molecule has 3 aromatic carbocycles. The van der Waals surface area contributed by atoms with Gasteiger partial charge in [0.1, 0.15) is 11.6 Å². The summed E-state index contributed by atoms with van der Waals surface area (Å²) in [6.07, 6.45) is 12.9. The Balaban J connectivity index is 1.35. The van der Waals surface area contributed by atoms with Crippen molar-refractivity contribution in [2.24, 2.45) is 0 Å². The molecule has 0 radical (unpaired) electrons. The van der Waals surface area contributed by atoms with Crippen molar-refractivity contribution in [2.45, 2.75) is 102 Å². The van der Waals surface area contributed by atoms with Gasteiger partial charge in [0.15, 0.2) is 0 Å². The predicted octanol–water partition coefficient (Wildman–Crippen LogP) is 9.48. The topological polar surface area (TPSA) is 64.7 Å². The molecule has 2 fully saturated rings. The van der Waals surface area contributed by atoms with Gasteiger partial charge in [0.25, 0.3) is 0 Å². The summed E-state index contributed by atoms with van der Waals surface area (Å²) >= 11 is 0. The van der Waals surface area contributed by atoms with Crippen molar-refractivity contribution >= 4 is 23.4 Å². The number of nitrogens with one attached hydrogen (secondary N) is 2. The fourth-order valence-electron chi connectivity index (χ4n) is 6.55. The number of benzene rings is 3. The lowest BCUT2D eigenvalue weighted by molar-refractivity contribution is 0.174. The Labute approximate surface area is 259 Å². The summed E-state index contributed by atoms with van der Waals surface area (Å²) in [5.41, 5.74) is 3.13. The predicted molar refractivity (Wildman–Crippen MR) is 171 cm³/mol. The summed E-state index contributed by atoms with van der Waals surface area (Å²) in [6, 6.07) is 19.7. The number of amides is 4. The molecule has 234 valence electrons. The molecule has 0 bridgehead atoms. The van der Waals surface area contributed by atoms with Gasteiger partial charge >= 0.3 is 12.1 Å². The van der Waals surface area contributed by atoms with Crippen LogP contribution in [0.25, 0.3) is 0 Å². The Morgan fingerprint density at radius 2 is 0.932 bits per heavy atom. The first-order valence-electron chi connectivity index (χ1n) is 16.2. The molecular formula is C36H44F2N4O2. The highest BCUT2D eigenvalue weighted by atomic mass is 19.1. The molecule has 2 aliphatic carbocycles. The van der Waals surface area contributed by atoms with Crippen LogP contribution in [-0.2, 0) is 13.1 Å². The first-order chi connectivity index (χ1) is 21.4. The number of nitrogens with zero attached hydrogens (tertiary/aromatic N) is 2.